The Hall–Kier alpha value is -4.52. The van der Waals surface area contributed by atoms with Gasteiger partial charge in [0.2, 0.25) is 0 Å². The van der Waals surface area contributed by atoms with Gasteiger partial charge in [-0.2, -0.15) is 0 Å². The van der Waals surface area contributed by atoms with Gasteiger partial charge >= 0.3 is 6.48 Å². The number of benzene rings is 4. The smallest absolute Gasteiger partial charge is 0.316 e. The minimum atomic E-state index is -0.922. The van der Waals surface area contributed by atoms with E-state index in [2.05, 4.69) is 94.5 Å². The number of hydrogen-bond acceptors (Lipinski definition) is 6. The van der Waals surface area contributed by atoms with E-state index in [-0.39, 0.29) is 22.3 Å². The predicted molar refractivity (Wildman–Crippen MR) is 199 cm³/mol. The summed E-state index contributed by atoms with van der Waals surface area (Å²) in [5.41, 5.74) is 10.1. The molecule has 4 aromatic rings. The SMILES string of the molecule is COc1ccc(C2(c3ccc(OC)cc3)C=Cc3c(c4c(c5c3C3(CC(C)(C)CC(C)(C)C3)c3ccccc3-5)CC3OC(OC)OC3=C4)O2)cc1. The molecule has 6 nitrogen and oxygen atoms in total. The summed E-state index contributed by atoms with van der Waals surface area (Å²) in [6.45, 7) is 9.08. The van der Waals surface area contributed by atoms with Crippen LogP contribution in [0.1, 0.15) is 85.9 Å². The first-order valence-corrected chi connectivity index (χ1v) is 18.1. The lowest BCUT2D eigenvalue weighted by atomic mass is 9.52. The predicted octanol–water partition coefficient (Wildman–Crippen LogP) is 9.80. The van der Waals surface area contributed by atoms with Crippen LogP contribution in [0.25, 0.3) is 23.3 Å². The summed E-state index contributed by atoms with van der Waals surface area (Å²) in [6.07, 6.45) is 10.5. The second-order valence-corrected chi connectivity index (χ2v) is 16.5. The van der Waals surface area contributed by atoms with Crippen LogP contribution in [0.15, 0.2) is 84.6 Å². The average molecular weight is 683 g/mol. The fourth-order valence-electron chi connectivity index (χ4n) is 10.7. The highest BCUT2D eigenvalue weighted by Crippen LogP contribution is 2.67. The number of ether oxygens (including phenoxy) is 6. The molecule has 0 N–H and O–H groups in total. The first-order valence-electron chi connectivity index (χ1n) is 18.1. The van der Waals surface area contributed by atoms with E-state index in [9.17, 15) is 0 Å². The van der Waals surface area contributed by atoms with Gasteiger partial charge in [-0.25, -0.2) is 0 Å². The normalized spacial score (nSPS) is 23.5. The molecule has 51 heavy (non-hydrogen) atoms. The molecule has 2 atom stereocenters. The van der Waals surface area contributed by atoms with Gasteiger partial charge in [0.05, 0.1) is 14.2 Å². The lowest BCUT2D eigenvalue weighted by Crippen LogP contribution is -2.44. The Kier molecular flexibility index (Phi) is 7.14. The van der Waals surface area contributed by atoms with Crippen LogP contribution >= 0.6 is 0 Å². The minimum absolute atomic E-state index is 0.135. The first kappa shape index (κ1) is 32.4. The molecule has 0 radical (unpaired) electrons. The summed E-state index contributed by atoms with van der Waals surface area (Å²) in [7, 11) is 5.01. The molecule has 0 aromatic heterocycles. The van der Waals surface area contributed by atoms with Gasteiger partial charge < -0.3 is 28.4 Å². The molecule has 1 saturated carbocycles. The van der Waals surface area contributed by atoms with Crippen molar-refractivity contribution in [3.05, 3.63) is 124 Å². The molecule has 6 heteroatoms. The zero-order valence-corrected chi connectivity index (χ0v) is 30.6. The van der Waals surface area contributed by atoms with E-state index in [1.54, 1.807) is 21.3 Å². The highest BCUT2D eigenvalue weighted by Gasteiger charge is 2.56. The topological polar surface area (TPSA) is 55.4 Å². The summed E-state index contributed by atoms with van der Waals surface area (Å²) in [4.78, 5) is 0. The number of hydrogen-bond donors (Lipinski definition) is 0. The van der Waals surface area contributed by atoms with Crippen LogP contribution in [0.2, 0.25) is 0 Å². The fourth-order valence-corrected chi connectivity index (χ4v) is 10.7. The molecule has 262 valence electrons. The number of methoxy groups -OCH3 is 3. The van der Waals surface area contributed by atoms with Gasteiger partial charge in [-0.05, 0) is 94.3 Å². The van der Waals surface area contributed by atoms with Gasteiger partial charge in [-0.15, -0.1) is 0 Å². The Morgan fingerprint density at radius 1 is 0.725 bits per heavy atom. The minimum Gasteiger partial charge on any atom is -0.497 e. The maximum Gasteiger partial charge on any atom is 0.316 e. The van der Waals surface area contributed by atoms with Crippen molar-refractivity contribution >= 4 is 12.2 Å². The van der Waals surface area contributed by atoms with Crippen molar-refractivity contribution in [3.63, 3.8) is 0 Å². The third-order valence-corrected chi connectivity index (χ3v) is 11.8. The third-order valence-electron chi connectivity index (χ3n) is 11.8. The maximum absolute atomic E-state index is 7.66. The molecule has 2 fully saturated rings. The van der Waals surface area contributed by atoms with Crippen LogP contribution < -0.4 is 14.2 Å². The lowest BCUT2D eigenvalue weighted by molar-refractivity contribution is -0.217. The van der Waals surface area contributed by atoms with Crippen molar-refractivity contribution in [2.24, 2.45) is 10.8 Å². The van der Waals surface area contributed by atoms with Gasteiger partial charge in [-0.3, -0.25) is 0 Å². The van der Waals surface area contributed by atoms with E-state index in [0.29, 0.717) is 6.42 Å². The lowest BCUT2D eigenvalue weighted by Gasteiger charge is -2.52. The van der Waals surface area contributed by atoms with E-state index in [1.165, 1.54) is 34.2 Å². The van der Waals surface area contributed by atoms with Crippen LogP contribution in [-0.4, -0.2) is 33.9 Å². The number of rotatable bonds is 5. The van der Waals surface area contributed by atoms with E-state index in [4.69, 9.17) is 28.4 Å². The van der Waals surface area contributed by atoms with Crippen molar-refractivity contribution in [2.75, 3.05) is 21.3 Å². The van der Waals surface area contributed by atoms with Crippen LogP contribution in [0.4, 0.5) is 0 Å². The Bertz CT molecular complexity index is 2040. The van der Waals surface area contributed by atoms with Crippen LogP contribution in [-0.2, 0) is 31.6 Å². The molecule has 0 bridgehead atoms. The molecule has 0 amide bonds. The van der Waals surface area contributed by atoms with Crippen LogP contribution in [0.3, 0.4) is 0 Å². The molecule has 4 aromatic carbocycles. The second-order valence-electron chi connectivity index (χ2n) is 16.5. The van der Waals surface area contributed by atoms with Crippen LogP contribution in [0, 0.1) is 10.8 Å². The molecule has 2 unspecified atom stereocenters. The van der Waals surface area contributed by atoms with E-state index in [0.717, 1.165) is 58.1 Å². The van der Waals surface area contributed by atoms with E-state index >= 15 is 0 Å². The van der Waals surface area contributed by atoms with E-state index in [1.807, 2.05) is 24.3 Å². The van der Waals surface area contributed by atoms with Crippen molar-refractivity contribution in [3.8, 4) is 28.4 Å². The van der Waals surface area contributed by atoms with Crippen molar-refractivity contribution in [1.82, 2.24) is 0 Å². The van der Waals surface area contributed by atoms with Gasteiger partial charge in [0, 0.05) is 41.2 Å². The Morgan fingerprint density at radius 2 is 1.35 bits per heavy atom. The first-order chi connectivity index (χ1) is 24.5. The van der Waals surface area contributed by atoms with E-state index < -0.39 is 12.1 Å². The maximum atomic E-state index is 7.66. The zero-order chi connectivity index (χ0) is 35.3. The van der Waals surface area contributed by atoms with Crippen LogP contribution in [0.5, 0.6) is 17.2 Å². The van der Waals surface area contributed by atoms with Crippen molar-refractivity contribution in [1.29, 1.82) is 0 Å². The van der Waals surface area contributed by atoms with Crippen molar-refractivity contribution in [2.45, 2.75) is 77.0 Å². The highest BCUT2D eigenvalue weighted by molar-refractivity contribution is 5.94. The number of fused-ring (bicyclic) bond motifs is 11. The summed E-state index contributed by atoms with van der Waals surface area (Å²) in [5, 5.41) is 0. The largest absolute Gasteiger partial charge is 0.497 e. The van der Waals surface area contributed by atoms with Crippen molar-refractivity contribution < 1.29 is 28.4 Å². The standard InChI is InChI=1S/C45H46O6/c1-42(2)24-43(3,4)26-44(25-42)35-11-9-8-10-31(35)38-33-22-36-37(50-41(48-7)49-36)23-34(33)40-32(39(38)44)20-21-45(51-40,27-12-16-29(46-5)17-13-27)28-14-18-30(47-6)19-15-28/h8-21,23,36,41H,22,24-26H2,1-7H3. The summed E-state index contributed by atoms with van der Waals surface area (Å²) >= 11 is 0. The molecule has 2 heterocycles. The van der Waals surface area contributed by atoms with Gasteiger partial charge in [0.25, 0.3) is 0 Å². The molecule has 5 aliphatic rings. The van der Waals surface area contributed by atoms with Gasteiger partial charge in [-0.1, -0.05) is 82.3 Å². The molecule has 9 rings (SSSR count). The summed E-state index contributed by atoms with van der Waals surface area (Å²) in [5.74, 6) is 3.24. The Morgan fingerprint density at radius 3 is 1.96 bits per heavy atom. The van der Waals surface area contributed by atoms with Gasteiger partial charge in [0.15, 0.2) is 5.60 Å². The molecule has 1 spiro atoms. The summed E-state index contributed by atoms with van der Waals surface area (Å²) in [6, 6.07) is 25.6. The fraction of sp³-hybridized carbons (Fsp3) is 0.378. The third kappa shape index (κ3) is 4.83. The Balaban J connectivity index is 1.35. The molecule has 3 aliphatic carbocycles. The molecular formula is C45H46O6. The zero-order valence-electron chi connectivity index (χ0n) is 30.6. The monoisotopic (exact) mass is 682 g/mol. The Labute approximate surface area is 301 Å². The molecular weight excluding hydrogens is 636 g/mol. The molecule has 1 saturated heterocycles. The van der Waals surface area contributed by atoms with Gasteiger partial charge in [0.1, 0.15) is 29.1 Å². The highest BCUT2D eigenvalue weighted by atomic mass is 16.9. The summed E-state index contributed by atoms with van der Waals surface area (Å²) < 4.78 is 36.8. The quantitative estimate of drug-likeness (QED) is 0.209. The average Bonchev–Trinajstić information content (AvgIpc) is 3.65. The molecule has 2 aliphatic heterocycles. The second kappa shape index (κ2) is 11.2.